The molecule has 152 valence electrons. The standard InChI is InChI=1S/C21H25NO5.ClH/c1-21(12-14-9-10-17(25-2)18(11-14)26-3)20(24)27-19(16(13-23)22-21)15-7-5-4-6-8-15;/h4-11,16,19,22-23H,12-13H2,1-3H3;1H/t16-,19-,21-;/m0./s1. The highest BCUT2D eigenvalue weighted by Gasteiger charge is 2.45. The molecule has 0 unspecified atom stereocenters. The average molecular weight is 408 g/mol. The van der Waals surface area contributed by atoms with E-state index >= 15 is 0 Å². The Morgan fingerprint density at radius 3 is 2.39 bits per heavy atom. The lowest BCUT2D eigenvalue weighted by Crippen LogP contribution is -2.63. The molecule has 1 heterocycles. The highest BCUT2D eigenvalue weighted by molar-refractivity contribution is 5.85. The van der Waals surface area contributed by atoms with Crippen molar-refractivity contribution >= 4 is 18.4 Å². The number of methoxy groups -OCH3 is 2. The Morgan fingerprint density at radius 1 is 1.11 bits per heavy atom. The van der Waals surface area contributed by atoms with Crippen LogP contribution in [0.4, 0.5) is 0 Å². The second-order valence-electron chi connectivity index (χ2n) is 6.87. The van der Waals surface area contributed by atoms with Crippen LogP contribution in [0.5, 0.6) is 11.5 Å². The monoisotopic (exact) mass is 407 g/mol. The van der Waals surface area contributed by atoms with Gasteiger partial charge in [-0.25, -0.2) is 0 Å². The molecular formula is C21H26ClNO5. The number of aliphatic hydroxyl groups excluding tert-OH is 1. The third-order valence-electron chi connectivity index (χ3n) is 4.88. The fourth-order valence-corrected chi connectivity index (χ4v) is 3.48. The number of hydrogen-bond acceptors (Lipinski definition) is 6. The Labute approximate surface area is 171 Å². The molecule has 0 amide bonds. The maximum absolute atomic E-state index is 12.8. The van der Waals surface area contributed by atoms with Gasteiger partial charge in [-0.3, -0.25) is 10.1 Å². The molecule has 0 saturated carbocycles. The van der Waals surface area contributed by atoms with E-state index in [0.29, 0.717) is 17.9 Å². The molecule has 2 aromatic rings. The van der Waals surface area contributed by atoms with Gasteiger partial charge < -0.3 is 19.3 Å². The van der Waals surface area contributed by atoms with Crippen LogP contribution in [0.3, 0.4) is 0 Å². The summed E-state index contributed by atoms with van der Waals surface area (Å²) in [6.45, 7) is 1.64. The molecule has 0 aromatic heterocycles. The minimum atomic E-state index is -0.960. The van der Waals surface area contributed by atoms with E-state index < -0.39 is 17.7 Å². The first-order valence-electron chi connectivity index (χ1n) is 8.86. The second kappa shape index (κ2) is 9.28. The highest BCUT2D eigenvalue weighted by Crippen LogP contribution is 2.33. The molecule has 0 bridgehead atoms. The number of ether oxygens (including phenoxy) is 3. The Morgan fingerprint density at radius 2 is 1.79 bits per heavy atom. The first kappa shape index (κ1) is 22.0. The van der Waals surface area contributed by atoms with E-state index in [0.717, 1.165) is 11.1 Å². The van der Waals surface area contributed by atoms with Crippen LogP contribution in [0.15, 0.2) is 48.5 Å². The quantitative estimate of drug-likeness (QED) is 0.717. The molecule has 1 fully saturated rings. The summed E-state index contributed by atoms with van der Waals surface area (Å²) in [7, 11) is 3.15. The van der Waals surface area contributed by atoms with Crippen molar-refractivity contribution in [3.05, 3.63) is 59.7 Å². The molecule has 1 saturated heterocycles. The smallest absolute Gasteiger partial charge is 0.327 e. The summed E-state index contributed by atoms with van der Waals surface area (Å²) in [5, 5.41) is 13.2. The number of carbonyl (C=O) groups is 1. The van der Waals surface area contributed by atoms with Crippen LogP contribution in [0.25, 0.3) is 0 Å². The number of benzene rings is 2. The largest absolute Gasteiger partial charge is 0.493 e. The predicted molar refractivity (Wildman–Crippen MR) is 108 cm³/mol. The van der Waals surface area contributed by atoms with E-state index in [-0.39, 0.29) is 25.0 Å². The van der Waals surface area contributed by atoms with Crippen molar-refractivity contribution in [2.75, 3.05) is 20.8 Å². The minimum absolute atomic E-state index is 0. The van der Waals surface area contributed by atoms with E-state index in [4.69, 9.17) is 14.2 Å². The average Bonchev–Trinajstić information content (AvgIpc) is 2.70. The molecule has 7 heteroatoms. The highest BCUT2D eigenvalue weighted by atomic mass is 35.5. The van der Waals surface area contributed by atoms with Gasteiger partial charge in [0.1, 0.15) is 11.6 Å². The lowest BCUT2D eigenvalue weighted by atomic mass is 9.87. The molecule has 3 atom stereocenters. The zero-order valence-corrected chi connectivity index (χ0v) is 17.0. The Kier molecular flexibility index (Phi) is 7.29. The van der Waals surface area contributed by atoms with E-state index in [2.05, 4.69) is 5.32 Å². The normalized spacial score (nSPS) is 24.1. The molecule has 2 N–H and O–H groups in total. The van der Waals surface area contributed by atoms with Gasteiger partial charge >= 0.3 is 5.97 Å². The molecule has 1 aliphatic rings. The number of morpholine rings is 1. The van der Waals surface area contributed by atoms with Gasteiger partial charge in [-0.2, -0.15) is 0 Å². The second-order valence-corrected chi connectivity index (χ2v) is 6.87. The van der Waals surface area contributed by atoms with E-state index in [9.17, 15) is 9.90 Å². The number of hydrogen-bond donors (Lipinski definition) is 2. The Hall–Kier alpha value is -2.28. The predicted octanol–water partition coefficient (Wildman–Crippen LogP) is 2.68. The third kappa shape index (κ3) is 4.41. The summed E-state index contributed by atoms with van der Waals surface area (Å²) in [5.41, 5.74) is 0.790. The van der Waals surface area contributed by atoms with Crippen LogP contribution < -0.4 is 14.8 Å². The molecule has 28 heavy (non-hydrogen) atoms. The maximum Gasteiger partial charge on any atom is 0.327 e. The van der Waals surface area contributed by atoms with Gasteiger partial charge in [0.25, 0.3) is 0 Å². The summed E-state index contributed by atoms with van der Waals surface area (Å²) in [4.78, 5) is 12.8. The van der Waals surface area contributed by atoms with Gasteiger partial charge in [-0.15, -0.1) is 12.4 Å². The number of rotatable bonds is 6. The van der Waals surface area contributed by atoms with E-state index in [1.54, 1.807) is 21.1 Å². The summed E-state index contributed by atoms with van der Waals surface area (Å²) in [5.74, 6) is 0.877. The van der Waals surface area contributed by atoms with Crippen molar-refractivity contribution < 1.29 is 24.1 Å². The van der Waals surface area contributed by atoms with Crippen LogP contribution in [0, 0.1) is 0 Å². The van der Waals surface area contributed by atoms with Crippen molar-refractivity contribution in [1.29, 1.82) is 0 Å². The first-order chi connectivity index (χ1) is 13.0. The Balaban J connectivity index is 0.00000280. The fraction of sp³-hybridized carbons (Fsp3) is 0.381. The van der Waals surface area contributed by atoms with Gasteiger partial charge in [-0.1, -0.05) is 36.4 Å². The van der Waals surface area contributed by atoms with E-state index in [1.807, 2.05) is 48.5 Å². The number of carbonyl (C=O) groups excluding carboxylic acids is 1. The van der Waals surface area contributed by atoms with Crippen LogP contribution >= 0.6 is 12.4 Å². The molecule has 2 aromatic carbocycles. The van der Waals surface area contributed by atoms with Crippen LogP contribution in [0.1, 0.15) is 24.2 Å². The fourth-order valence-electron chi connectivity index (χ4n) is 3.48. The lowest BCUT2D eigenvalue weighted by molar-refractivity contribution is -0.169. The van der Waals surface area contributed by atoms with Gasteiger partial charge in [0.05, 0.1) is 26.9 Å². The first-order valence-corrected chi connectivity index (χ1v) is 8.86. The van der Waals surface area contributed by atoms with Crippen molar-refractivity contribution in [3.8, 4) is 11.5 Å². The molecule has 3 rings (SSSR count). The van der Waals surface area contributed by atoms with Crippen LogP contribution in [-0.2, 0) is 16.0 Å². The molecule has 0 aliphatic carbocycles. The molecular weight excluding hydrogens is 382 g/mol. The van der Waals surface area contributed by atoms with Crippen molar-refractivity contribution in [3.63, 3.8) is 0 Å². The summed E-state index contributed by atoms with van der Waals surface area (Å²) < 4.78 is 16.3. The zero-order valence-electron chi connectivity index (χ0n) is 16.2. The molecule has 0 spiro atoms. The number of halogens is 1. The number of aliphatic hydroxyl groups is 1. The lowest BCUT2D eigenvalue weighted by Gasteiger charge is -2.42. The Bertz CT molecular complexity index is 801. The number of cyclic esters (lactones) is 1. The van der Waals surface area contributed by atoms with Crippen LogP contribution in [-0.4, -0.2) is 43.5 Å². The molecule has 6 nitrogen and oxygen atoms in total. The molecule has 0 radical (unpaired) electrons. The SMILES string of the molecule is COc1ccc(C[C@]2(C)N[C@@H](CO)[C@H](c3ccccc3)OC2=O)cc1OC.Cl. The van der Waals surface area contributed by atoms with Gasteiger partial charge in [0.2, 0.25) is 0 Å². The zero-order chi connectivity index (χ0) is 19.4. The van der Waals surface area contributed by atoms with Crippen LogP contribution in [0.2, 0.25) is 0 Å². The summed E-state index contributed by atoms with van der Waals surface area (Å²) >= 11 is 0. The van der Waals surface area contributed by atoms with E-state index in [1.165, 1.54) is 0 Å². The van der Waals surface area contributed by atoms with Crippen molar-refractivity contribution in [2.45, 2.75) is 31.0 Å². The molecule has 1 aliphatic heterocycles. The topological polar surface area (TPSA) is 77.0 Å². The maximum atomic E-state index is 12.8. The minimum Gasteiger partial charge on any atom is -0.493 e. The summed E-state index contributed by atoms with van der Waals surface area (Å²) in [6, 6.07) is 14.6. The number of nitrogens with one attached hydrogen (secondary N) is 1. The van der Waals surface area contributed by atoms with Crippen molar-refractivity contribution in [2.24, 2.45) is 0 Å². The van der Waals surface area contributed by atoms with Gasteiger partial charge in [0.15, 0.2) is 11.5 Å². The summed E-state index contributed by atoms with van der Waals surface area (Å²) in [6.07, 6.45) is -0.133. The van der Waals surface area contributed by atoms with Gasteiger partial charge in [0, 0.05) is 6.42 Å². The van der Waals surface area contributed by atoms with Crippen molar-refractivity contribution in [1.82, 2.24) is 5.32 Å². The third-order valence-corrected chi connectivity index (χ3v) is 4.88. The van der Waals surface area contributed by atoms with Gasteiger partial charge in [-0.05, 0) is 30.2 Å². The number of esters is 1.